The van der Waals surface area contributed by atoms with E-state index in [1.165, 1.54) is 13.4 Å². The number of aromatic amines is 1. The summed E-state index contributed by atoms with van der Waals surface area (Å²) in [5.74, 6) is -0.258. The number of hydrogen-bond donors (Lipinski definition) is 3. The van der Waals surface area contributed by atoms with Crippen molar-refractivity contribution in [2.24, 2.45) is 0 Å². The molecule has 3 N–H and O–H groups in total. The van der Waals surface area contributed by atoms with Gasteiger partial charge in [-0.15, -0.1) is 0 Å². The molecule has 1 amide bonds. The molecule has 2 heterocycles. The molecule has 23 heavy (non-hydrogen) atoms. The van der Waals surface area contributed by atoms with Crippen LogP contribution in [-0.2, 0) is 6.54 Å². The van der Waals surface area contributed by atoms with Crippen LogP contribution in [0.3, 0.4) is 0 Å². The minimum atomic E-state index is -0.372. The number of benzene rings is 1. The molecular weight excluding hydrogens is 339 g/mol. The van der Waals surface area contributed by atoms with Crippen LogP contribution in [0.2, 0.25) is 10.0 Å². The van der Waals surface area contributed by atoms with Crippen LogP contribution < -0.4 is 10.8 Å². The number of carbonyl (C=O) groups excluding carboxylic acids is 1. The lowest BCUT2D eigenvalue weighted by Crippen LogP contribution is -2.19. The van der Waals surface area contributed by atoms with Crippen molar-refractivity contribution in [3.8, 4) is 0 Å². The number of halogens is 2. The second-order valence-corrected chi connectivity index (χ2v) is 5.60. The lowest BCUT2D eigenvalue weighted by atomic mass is 10.2. The van der Waals surface area contributed by atoms with Crippen LogP contribution in [-0.4, -0.2) is 32.5 Å². The Morgan fingerprint density at radius 1 is 1.39 bits per heavy atom. The largest absolute Gasteiger partial charge is 0.352 e. The molecule has 0 radical (unpaired) electrons. The molecule has 0 spiro atoms. The Hall–Kier alpha value is -2.38. The average molecular weight is 351 g/mol. The summed E-state index contributed by atoms with van der Waals surface area (Å²) in [6.07, 6.45) is 1.47. The minimum absolute atomic E-state index is 0.00385. The van der Waals surface area contributed by atoms with Crippen LogP contribution in [0.25, 0.3) is 11.2 Å². The van der Waals surface area contributed by atoms with Crippen molar-refractivity contribution in [1.29, 1.82) is 5.41 Å². The third kappa shape index (κ3) is 2.80. The van der Waals surface area contributed by atoms with Crippen LogP contribution in [0.1, 0.15) is 16.2 Å². The predicted molar refractivity (Wildman–Crippen MR) is 86.7 cm³/mol. The van der Waals surface area contributed by atoms with Crippen LogP contribution in [0, 0.1) is 5.41 Å². The normalized spacial score (nSPS) is 10.9. The summed E-state index contributed by atoms with van der Waals surface area (Å²) >= 11 is 12.4. The van der Waals surface area contributed by atoms with Gasteiger partial charge in [-0.2, -0.15) is 0 Å². The quantitative estimate of drug-likeness (QED) is 0.672. The Kier molecular flexibility index (Phi) is 4.06. The third-order valence-corrected chi connectivity index (χ3v) is 4.06. The zero-order valence-electron chi connectivity index (χ0n) is 12.0. The van der Waals surface area contributed by atoms with Gasteiger partial charge in [0.05, 0.1) is 12.9 Å². The van der Waals surface area contributed by atoms with Crippen LogP contribution in [0.4, 0.5) is 0 Å². The number of carbonyl (C=O) groups is 1. The highest BCUT2D eigenvalue weighted by molar-refractivity contribution is 6.36. The van der Waals surface area contributed by atoms with E-state index < -0.39 is 0 Å². The Balaban J connectivity index is 2.15. The monoisotopic (exact) mass is 350 g/mol. The van der Waals surface area contributed by atoms with E-state index >= 15 is 0 Å². The van der Waals surface area contributed by atoms with Gasteiger partial charge >= 0.3 is 0 Å². The number of nitrogens with one attached hydrogen (secondary N) is 3. The molecule has 3 rings (SSSR count). The zero-order chi connectivity index (χ0) is 16.6. The Morgan fingerprint density at radius 3 is 2.74 bits per heavy atom. The van der Waals surface area contributed by atoms with Gasteiger partial charge in [0.1, 0.15) is 5.52 Å². The predicted octanol–water partition coefficient (Wildman–Crippen LogP) is 1.95. The molecule has 1 aromatic carbocycles. The Bertz CT molecular complexity index is 941. The first-order chi connectivity index (χ1) is 11.0. The first-order valence-electron chi connectivity index (χ1n) is 6.66. The molecule has 0 fully saturated rings. The highest BCUT2D eigenvalue weighted by Gasteiger charge is 2.15. The summed E-state index contributed by atoms with van der Waals surface area (Å²) in [4.78, 5) is 22.8. The molecule has 0 bridgehead atoms. The lowest BCUT2D eigenvalue weighted by Gasteiger charge is -2.10. The highest BCUT2D eigenvalue weighted by Crippen LogP contribution is 2.25. The van der Waals surface area contributed by atoms with Gasteiger partial charge in [-0.1, -0.05) is 29.3 Å². The highest BCUT2D eigenvalue weighted by atomic mass is 35.5. The molecule has 0 aliphatic carbocycles. The van der Waals surface area contributed by atoms with E-state index in [2.05, 4.69) is 20.3 Å². The van der Waals surface area contributed by atoms with Gasteiger partial charge in [0.15, 0.2) is 17.0 Å². The molecule has 0 aliphatic rings. The van der Waals surface area contributed by atoms with E-state index in [1.54, 1.807) is 22.8 Å². The third-order valence-electron chi connectivity index (χ3n) is 3.35. The van der Waals surface area contributed by atoms with E-state index in [0.29, 0.717) is 33.3 Å². The van der Waals surface area contributed by atoms with Gasteiger partial charge in [-0.25, -0.2) is 9.97 Å². The standard InChI is InChI=1S/C14H12Cl2N6O/c1-18-14(23)12-20-10-11(17)19-6-22(13(10)21-12)5-7-8(15)3-2-4-9(7)16/h2-4,6,17H,5H2,1H3,(H,18,23)(H,20,21). The topological polar surface area (TPSA) is 99.4 Å². The number of nitrogens with zero attached hydrogens (tertiary/aromatic N) is 3. The molecule has 7 nitrogen and oxygen atoms in total. The average Bonchev–Trinajstić information content (AvgIpc) is 2.98. The summed E-state index contributed by atoms with van der Waals surface area (Å²) in [7, 11) is 1.51. The molecular formula is C14H12Cl2N6O. The van der Waals surface area contributed by atoms with Crippen LogP contribution >= 0.6 is 23.2 Å². The smallest absolute Gasteiger partial charge is 0.286 e. The van der Waals surface area contributed by atoms with E-state index in [4.69, 9.17) is 28.6 Å². The van der Waals surface area contributed by atoms with E-state index in [0.717, 1.165) is 0 Å². The maximum absolute atomic E-state index is 11.7. The van der Waals surface area contributed by atoms with Gasteiger partial charge < -0.3 is 14.9 Å². The summed E-state index contributed by atoms with van der Waals surface area (Å²) in [5, 5.41) is 11.4. The fourth-order valence-corrected chi connectivity index (χ4v) is 2.70. The molecule has 0 saturated heterocycles. The van der Waals surface area contributed by atoms with Crippen LogP contribution in [0.15, 0.2) is 24.5 Å². The first-order valence-corrected chi connectivity index (χ1v) is 7.41. The summed E-state index contributed by atoms with van der Waals surface area (Å²) in [6, 6.07) is 5.25. The van der Waals surface area contributed by atoms with Gasteiger partial charge in [0.25, 0.3) is 5.91 Å². The van der Waals surface area contributed by atoms with E-state index in [9.17, 15) is 4.79 Å². The fourth-order valence-electron chi connectivity index (χ4n) is 2.18. The zero-order valence-corrected chi connectivity index (χ0v) is 13.5. The number of imidazole rings is 1. The Labute approximate surface area is 140 Å². The van der Waals surface area contributed by atoms with Crippen LogP contribution in [0.5, 0.6) is 0 Å². The summed E-state index contributed by atoms with van der Waals surface area (Å²) < 4.78 is 1.68. The number of rotatable bonds is 3. The maximum Gasteiger partial charge on any atom is 0.286 e. The summed E-state index contributed by atoms with van der Waals surface area (Å²) in [6.45, 7) is 0.320. The van der Waals surface area contributed by atoms with Crippen molar-refractivity contribution in [2.75, 3.05) is 7.05 Å². The molecule has 2 aromatic heterocycles. The second-order valence-electron chi connectivity index (χ2n) is 4.78. The van der Waals surface area contributed by atoms with Crippen molar-refractivity contribution in [2.45, 2.75) is 6.54 Å². The molecule has 0 saturated carbocycles. The van der Waals surface area contributed by atoms with E-state index in [-0.39, 0.29) is 17.2 Å². The summed E-state index contributed by atoms with van der Waals surface area (Å²) in [5.41, 5.74) is 1.52. The van der Waals surface area contributed by atoms with Crippen molar-refractivity contribution in [3.05, 3.63) is 51.4 Å². The lowest BCUT2D eigenvalue weighted by molar-refractivity contribution is 0.0954. The minimum Gasteiger partial charge on any atom is -0.352 e. The maximum atomic E-state index is 11.7. The molecule has 3 aromatic rings. The van der Waals surface area contributed by atoms with Gasteiger partial charge in [0.2, 0.25) is 0 Å². The second kappa shape index (κ2) is 6.02. The van der Waals surface area contributed by atoms with Crippen molar-refractivity contribution in [1.82, 2.24) is 24.8 Å². The number of fused-ring (bicyclic) bond motifs is 1. The van der Waals surface area contributed by atoms with Crippen molar-refractivity contribution < 1.29 is 4.79 Å². The number of aromatic nitrogens is 4. The van der Waals surface area contributed by atoms with Gasteiger partial charge in [-0.05, 0) is 12.1 Å². The fraction of sp³-hybridized carbons (Fsp3) is 0.143. The van der Waals surface area contributed by atoms with Gasteiger partial charge in [-0.3, -0.25) is 10.2 Å². The molecule has 9 heteroatoms. The van der Waals surface area contributed by atoms with Gasteiger partial charge in [0, 0.05) is 22.7 Å². The molecule has 0 aliphatic heterocycles. The van der Waals surface area contributed by atoms with Crippen molar-refractivity contribution in [3.63, 3.8) is 0 Å². The molecule has 0 atom stereocenters. The number of hydrogen-bond acceptors (Lipinski definition) is 4. The van der Waals surface area contributed by atoms with Crippen molar-refractivity contribution >= 4 is 40.3 Å². The molecule has 0 unspecified atom stereocenters. The van der Waals surface area contributed by atoms with E-state index in [1.807, 2.05) is 0 Å². The number of H-pyrrole nitrogens is 1. The Morgan fingerprint density at radius 2 is 2.09 bits per heavy atom. The first kappa shape index (κ1) is 15.5. The molecule has 118 valence electrons. The SMILES string of the molecule is CNC(=O)c1nc2c([nH]1)c(=N)ncn2Cc1c(Cl)cccc1Cl. The number of amides is 1.